The Bertz CT molecular complexity index is 739. The van der Waals surface area contributed by atoms with Crippen molar-refractivity contribution in [2.24, 2.45) is 0 Å². The minimum atomic E-state index is -3.93. The lowest BCUT2D eigenvalue weighted by Gasteiger charge is -2.09. The molecule has 0 fully saturated rings. The third kappa shape index (κ3) is 3.45. The molecule has 0 saturated carbocycles. The summed E-state index contributed by atoms with van der Waals surface area (Å²) in [6.45, 7) is 1.95. The van der Waals surface area contributed by atoms with Crippen LogP contribution in [-0.2, 0) is 16.6 Å². The zero-order chi connectivity index (χ0) is 15.6. The number of rotatable bonds is 5. The Morgan fingerprint density at radius 2 is 2.10 bits per heavy atom. The van der Waals surface area contributed by atoms with Crippen LogP contribution in [0, 0.1) is 12.7 Å². The molecule has 0 aliphatic heterocycles. The van der Waals surface area contributed by atoms with Crippen molar-refractivity contribution in [3.8, 4) is 0 Å². The van der Waals surface area contributed by atoms with E-state index in [9.17, 15) is 12.8 Å². The van der Waals surface area contributed by atoms with E-state index in [1.807, 2.05) is 0 Å². The first-order valence-corrected chi connectivity index (χ1v) is 8.33. The quantitative estimate of drug-likeness (QED) is 0.841. The molecule has 1 aromatic heterocycles. The van der Waals surface area contributed by atoms with Gasteiger partial charge in [0.2, 0.25) is 0 Å². The molecule has 5 nitrogen and oxygen atoms in total. The number of nitrogens with one attached hydrogen (secondary N) is 2. The van der Waals surface area contributed by atoms with Crippen molar-refractivity contribution in [1.29, 1.82) is 0 Å². The summed E-state index contributed by atoms with van der Waals surface area (Å²) in [6.07, 6.45) is 0. The van der Waals surface area contributed by atoms with Crippen molar-refractivity contribution in [2.45, 2.75) is 18.4 Å². The molecular weight excluding hydrogens is 363 g/mol. The van der Waals surface area contributed by atoms with Gasteiger partial charge in [0.15, 0.2) is 0 Å². The van der Waals surface area contributed by atoms with Crippen LogP contribution < -0.4 is 10.0 Å². The highest BCUT2D eigenvalue weighted by Crippen LogP contribution is 2.29. The van der Waals surface area contributed by atoms with E-state index >= 15 is 0 Å². The topological polar surface area (TPSA) is 71.3 Å². The van der Waals surface area contributed by atoms with Crippen LogP contribution in [0.2, 0.25) is 0 Å². The van der Waals surface area contributed by atoms with E-state index < -0.39 is 15.8 Å². The Hall–Kier alpha value is -1.38. The zero-order valence-electron chi connectivity index (χ0n) is 11.4. The maximum absolute atomic E-state index is 13.7. The molecule has 2 aromatic rings. The summed E-state index contributed by atoms with van der Waals surface area (Å²) in [5.41, 5.74) is -0.131. The van der Waals surface area contributed by atoms with Crippen LogP contribution in [0.1, 0.15) is 11.5 Å². The average Bonchev–Trinajstić information content (AvgIpc) is 2.76. The first kappa shape index (κ1) is 16.0. The fraction of sp³-hybridized carbons (Fsp3) is 0.231. The predicted octanol–water partition coefficient (Wildman–Crippen LogP) is 3.01. The van der Waals surface area contributed by atoms with Crippen molar-refractivity contribution in [3.63, 3.8) is 0 Å². The van der Waals surface area contributed by atoms with Crippen LogP contribution in [0.25, 0.3) is 0 Å². The second-order valence-electron chi connectivity index (χ2n) is 4.37. The summed E-state index contributed by atoms with van der Waals surface area (Å²) < 4.78 is 46.4. The summed E-state index contributed by atoms with van der Waals surface area (Å²) in [7, 11) is -2.21. The van der Waals surface area contributed by atoms with Gasteiger partial charge in [0.05, 0.1) is 12.2 Å². The summed E-state index contributed by atoms with van der Waals surface area (Å²) >= 11 is 3.12. The minimum absolute atomic E-state index is 0.0112. The second kappa shape index (κ2) is 6.17. The number of sulfonamides is 1. The zero-order valence-corrected chi connectivity index (χ0v) is 13.8. The Kier molecular flexibility index (Phi) is 4.70. The standard InChI is InChI=1S/C13H14BrFN2O3S/c1-8-12(6-9(20-8)7-16-2)21(18,19)17-13-10(14)4-3-5-11(13)15/h3-6,16-17H,7H2,1-2H3. The van der Waals surface area contributed by atoms with Crippen molar-refractivity contribution in [2.75, 3.05) is 11.8 Å². The maximum Gasteiger partial charge on any atom is 0.265 e. The Balaban J connectivity index is 2.39. The van der Waals surface area contributed by atoms with Gasteiger partial charge < -0.3 is 9.73 Å². The summed E-state index contributed by atoms with van der Waals surface area (Å²) in [5, 5.41) is 2.87. The van der Waals surface area contributed by atoms with Crippen LogP contribution in [0.15, 0.2) is 38.1 Å². The van der Waals surface area contributed by atoms with Gasteiger partial charge in [0, 0.05) is 10.5 Å². The van der Waals surface area contributed by atoms with Crippen molar-refractivity contribution >= 4 is 31.6 Å². The highest BCUT2D eigenvalue weighted by atomic mass is 79.9. The van der Waals surface area contributed by atoms with E-state index in [1.54, 1.807) is 20.0 Å². The van der Waals surface area contributed by atoms with Gasteiger partial charge in [-0.15, -0.1) is 0 Å². The van der Waals surface area contributed by atoms with E-state index in [-0.39, 0.29) is 16.3 Å². The molecule has 1 heterocycles. The van der Waals surface area contributed by atoms with Crippen LogP contribution in [0.5, 0.6) is 0 Å². The molecule has 0 radical (unpaired) electrons. The molecule has 0 atom stereocenters. The fourth-order valence-electron chi connectivity index (χ4n) is 1.84. The number of furan rings is 1. The fourth-order valence-corrected chi connectivity index (χ4v) is 3.70. The number of anilines is 1. The third-order valence-electron chi connectivity index (χ3n) is 2.76. The van der Waals surface area contributed by atoms with E-state index in [1.165, 1.54) is 18.2 Å². The minimum Gasteiger partial charge on any atom is -0.464 e. The molecule has 8 heteroatoms. The van der Waals surface area contributed by atoms with Gasteiger partial charge in [-0.1, -0.05) is 6.07 Å². The lowest BCUT2D eigenvalue weighted by molar-refractivity contribution is 0.466. The van der Waals surface area contributed by atoms with Crippen LogP contribution in [0.4, 0.5) is 10.1 Å². The predicted molar refractivity (Wildman–Crippen MR) is 81.1 cm³/mol. The lowest BCUT2D eigenvalue weighted by atomic mass is 10.3. The Morgan fingerprint density at radius 1 is 1.38 bits per heavy atom. The molecule has 114 valence electrons. The smallest absolute Gasteiger partial charge is 0.265 e. The van der Waals surface area contributed by atoms with Gasteiger partial charge in [-0.3, -0.25) is 4.72 Å². The monoisotopic (exact) mass is 376 g/mol. The number of hydrogen-bond acceptors (Lipinski definition) is 4. The molecular formula is C13H14BrFN2O3S. The van der Waals surface area contributed by atoms with Gasteiger partial charge in [-0.05, 0) is 42.0 Å². The molecule has 0 aliphatic carbocycles. The van der Waals surface area contributed by atoms with Gasteiger partial charge in [-0.2, -0.15) is 0 Å². The number of hydrogen-bond donors (Lipinski definition) is 2. The number of halogens is 2. The molecule has 0 unspecified atom stereocenters. The molecule has 0 bridgehead atoms. The number of para-hydroxylation sites is 1. The van der Waals surface area contributed by atoms with E-state index in [0.717, 1.165) is 0 Å². The molecule has 0 amide bonds. The largest absolute Gasteiger partial charge is 0.464 e. The summed E-state index contributed by atoms with van der Waals surface area (Å²) in [5.74, 6) is 0.0766. The Morgan fingerprint density at radius 3 is 2.71 bits per heavy atom. The van der Waals surface area contributed by atoms with Crippen LogP contribution >= 0.6 is 15.9 Å². The van der Waals surface area contributed by atoms with Crippen molar-refractivity contribution < 1.29 is 17.2 Å². The van der Waals surface area contributed by atoms with E-state index in [4.69, 9.17) is 4.42 Å². The highest BCUT2D eigenvalue weighted by Gasteiger charge is 2.23. The maximum atomic E-state index is 13.7. The summed E-state index contributed by atoms with van der Waals surface area (Å²) in [6, 6.07) is 5.63. The molecule has 0 saturated heterocycles. The van der Waals surface area contributed by atoms with E-state index in [2.05, 4.69) is 26.0 Å². The molecule has 1 aromatic carbocycles. The van der Waals surface area contributed by atoms with Gasteiger partial charge >= 0.3 is 0 Å². The van der Waals surface area contributed by atoms with Gasteiger partial charge in [0.1, 0.15) is 22.2 Å². The third-order valence-corrected chi connectivity index (χ3v) is 4.88. The van der Waals surface area contributed by atoms with Crippen LogP contribution in [-0.4, -0.2) is 15.5 Å². The number of aryl methyl sites for hydroxylation is 1. The van der Waals surface area contributed by atoms with Gasteiger partial charge in [-0.25, -0.2) is 12.8 Å². The molecule has 2 rings (SSSR count). The second-order valence-corrected chi connectivity index (χ2v) is 6.87. The normalized spacial score (nSPS) is 11.6. The molecule has 0 aliphatic rings. The molecule has 21 heavy (non-hydrogen) atoms. The first-order valence-electron chi connectivity index (χ1n) is 6.06. The van der Waals surface area contributed by atoms with Crippen molar-refractivity contribution in [3.05, 3.63) is 46.1 Å². The van der Waals surface area contributed by atoms with Crippen molar-refractivity contribution in [1.82, 2.24) is 5.32 Å². The summed E-state index contributed by atoms with van der Waals surface area (Å²) in [4.78, 5) is -0.0112. The first-order chi connectivity index (χ1) is 9.85. The Labute approximate surface area is 130 Å². The highest BCUT2D eigenvalue weighted by molar-refractivity contribution is 9.10. The van der Waals surface area contributed by atoms with E-state index in [0.29, 0.717) is 16.8 Å². The van der Waals surface area contributed by atoms with Crippen LogP contribution in [0.3, 0.4) is 0 Å². The molecule has 2 N–H and O–H groups in total. The average molecular weight is 377 g/mol. The lowest BCUT2D eigenvalue weighted by Crippen LogP contribution is -2.14. The SMILES string of the molecule is CNCc1cc(S(=O)(=O)Nc2c(F)cccc2Br)c(C)o1. The number of benzene rings is 1. The van der Waals surface area contributed by atoms with Gasteiger partial charge in [0.25, 0.3) is 10.0 Å². The molecule has 0 spiro atoms.